The lowest BCUT2D eigenvalue weighted by Gasteiger charge is -2.14. The van der Waals surface area contributed by atoms with Gasteiger partial charge in [-0.2, -0.15) is 0 Å². The second kappa shape index (κ2) is 49.1. The molecule has 0 aliphatic heterocycles. The minimum Gasteiger partial charge on any atom is -0.497 e. The highest BCUT2D eigenvalue weighted by Gasteiger charge is 2.29. The molecule has 136 heavy (non-hydrogen) atoms. The number of Topliss-reactive ketones (excluding diaryl/α,β-unsaturated/α-hetero) is 4. The van der Waals surface area contributed by atoms with Gasteiger partial charge in [0.05, 0.1) is 125 Å². The quantitative estimate of drug-likeness (QED) is 0.0160. The molecule has 0 amide bonds. The van der Waals surface area contributed by atoms with Gasteiger partial charge in [-0.25, -0.2) is 46.9 Å². The van der Waals surface area contributed by atoms with Crippen molar-refractivity contribution in [3.63, 3.8) is 0 Å². The van der Waals surface area contributed by atoms with Gasteiger partial charge >= 0.3 is 0 Å². The molecule has 0 saturated carbocycles. The summed E-state index contributed by atoms with van der Waals surface area (Å²) in [6.45, 7) is 1.56. The molecule has 0 aliphatic rings. The van der Waals surface area contributed by atoms with Crippen molar-refractivity contribution in [1.82, 2.24) is 43.2 Å². The summed E-state index contributed by atoms with van der Waals surface area (Å²) in [7, 11) is 1.60. The average Bonchev–Trinajstić information content (AvgIpc) is 1.58. The zero-order chi connectivity index (χ0) is 97.0. The van der Waals surface area contributed by atoms with E-state index in [0.29, 0.717) is 95.6 Å². The fourth-order valence-corrected chi connectivity index (χ4v) is 18.5. The van der Waals surface area contributed by atoms with E-state index in [0.717, 1.165) is 51.0 Å². The minimum atomic E-state index is -0.611. The van der Waals surface area contributed by atoms with Crippen LogP contribution in [0, 0.1) is 36.0 Å². The number of thiazole rings is 1. The second-order valence-corrected chi connectivity index (χ2v) is 37.5. The number of aromatic nitrogens is 9. The third-order valence-electron chi connectivity index (χ3n) is 21.5. The van der Waals surface area contributed by atoms with E-state index in [1.807, 2.05) is 66.9 Å². The van der Waals surface area contributed by atoms with Gasteiger partial charge < -0.3 is 62.4 Å². The summed E-state index contributed by atoms with van der Waals surface area (Å²) in [5, 5.41) is 41.2. The summed E-state index contributed by atoms with van der Waals surface area (Å²) in [4.78, 5) is 73.7. The molecule has 0 fully saturated rings. The number of carbonyl (C=O) groups excluding carboxylic acids is 4. The molecular weight excluding hydrogens is 2150 g/mol. The number of hydrogen-bond acceptors (Lipinski definition) is 19. The van der Waals surface area contributed by atoms with Crippen LogP contribution in [-0.2, 0) is 70.8 Å². The van der Waals surface area contributed by atoms with Crippen LogP contribution in [0.3, 0.4) is 0 Å². The van der Waals surface area contributed by atoms with Crippen LogP contribution in [0.2, 0.25) is 25.1 Å². The second-order valence-electron chi connectivity index (χ2n) is 30.7. The van der Waals surface area contributed by atoms with E-state index in [9.17, 15) is 23.6 Å². The van der Waals surface area contributed by atoms with Crippen LogP contribution in [0.15, 0.2) is 218 Å². The molecule has 5 aromatic heterocycles. The number of halogens is 14. The third kappa shape index (κ3) is 26.4. The van der Waals surface area contributed by atoms with Gasteiger partial charge in [0, 0.05) is 138 Å². The molecule has 16 aromatic rings. The Morgan fingerprint density at radius 1 is 0.375 bits per heavy atom. The van der Waals surface area contributed by atoms with E-state index in [4.69, 9.17) is 102 Å². The first-order chi connectivity index (χ1) is 65.5. The van der Waals surface area contributed by atoms with Crippen molar-refractivity contribution in [1.29, 1.82) is 0 Å². The monoisotopic (exact) mass is 2220 g/mol. The molecule has 0 spiro atoms. The molecule has 0 saturated heterocycles. The van der Waals surface area contributed by atoms with Crippen LogP contribution in [-0.4, -0.2) is 173 Å². The Labute approximate surface area is 839 Å². The summed E-state index contributed by atoms with van der Waals surface area (Å²) in [6.07, 6.45) is 6.58. The maximum Gasteiger partial charge on any atom is 0.188 e. The van der Waals surface area contributed by atoms with Crippen LogP contribution in [0.5, 0.6) is 5.75 Å². The number of nitrogens with zero attached hydrogens (tertiary/aromatic N) is 9. The molecule has 22 nitrogen and oxygen atoms in total. The van der Waals surface area contributed by atoms with E-state index in [2.05, 4.69) is 88.6 Å². The lowest BCUT2D eigenvalue weighted by atomic mass is 9.95. The first kappa shape index (κ1) is 103. The first-order valence-electron chi connectivity index (χ1n) is 41.8. The predicted molar refractivity (Wildman–Crippen MR) is 530 cm³/mol. The Morgan fingerprint density at radius 2 is 0.647 bits per heavy atom. The molecule has 11 aromatic carbocycles. The molecule has 16 rings (SSSR count). The van der Waals surface area contributed by atoms with E-state index in [1.165, 1.54) is 29.8 Å². The number of benzene rings is 11. The molecule has 37 heteroatoms. The topological polar surface area (TPSA) is 280 Å². The largest absolute Gasteiger partial charge is 0.497 e. The number of aliphatic hydroxyl groups is 4. The summed E-state index contributed by atoms with van der Waals surface area (Å²) >= 11 is 46.4. The van der Waals surface area contributed by atoms with Gasteiger partial charge in [0.25, 0.3) is 0 Å². The van der Waals surface area contributed by atoms with Gasteiger partial charge in [-0.05, 0) is 155 Å². The number of ether oxygens (including phenoxy) is 5. The standard InChI is InChI=1S/C26H23BrClFN2O4.C25H20BrCl2FN2O3.C25H20BrClF2N2O3.C23H20BrClFN3O3S/c1-34-19-6-2-16(3-7-19)13-31-15-30-26-23(31)12-20(24(33)14-35-9-8-32)21(25(26)29)10-17-4-5-18(27)11-22(17)28;26-17-4-3-16(21(28)10-17)9-20-19(23(33)13-34-8-7-32)11-22-25(24(20)29)30-14-31(22)12-15-1-5-18(27)6-2-15;26-17-4-3-16(21(27)10-17)9-20-19(23(33)13-34-8-7-32)11-22-25(24(20)29)30-14-31(22)12-15-1-5-18(28)6-2-15;1-13-28-16(11-33-13)9-29-12-27-23-20(29)8-17(21(31)10-32-5-4-30)18(22(23)26)6-14-2-3-15(24)7-19(14)25/h2-7,11-12,15,32H,8-10,13-14H2,1H3;2*1-6,10-11,14,32H,7-9,12-13H2;2-3,7-8,11-12,30H,4-6,9-10H2,1H3. The van der Waals surface area contributed by atoms with Crippen molar-refractivity contribution < 1.29 is 85.2 Å². The Bertz CT molecular complexity index is 6810. The number of aliphatic hydroxyl groups excluding tert-OH is 4. The fraction of sp³-hybridized carbons (Fsp3) is 0.222. The number of hydrogen-bond donors (Lipinski definition) is 4. The molecule has 0 radical (unpaired) electrons. The zero-order valence-corrected chi connectivity index (χ0v) is 83.3. The molecule has 0 atom stereocenters. The number of carbonyl (C=O) groups is 4. The van der Waals surface area contributed by atoms with Crippen LogP contribution >= 0.6 is 133 Å². The van der Waals surface area contributed by atoms with Gasteiger partial charge in [0.15, 0.2) is 46.4 Å². The van der Waals surface area contributed by atoms with Crippen LogP contribution in [0.4, 0.5) is 22.0 Å². The van der Waals surface area contributed by atoms with Gasteiger partial charge in [-0.1, -0.05) is 182 Å². The highest BCUT2D eigenvalue weighted by atomic mass is 79.9. The van der Waals surface area contributed by atoms with Crippen LogP contribution < -0.4 is 4.74 Å². The molecule has 0 unspecified atom stereocenters. The first-order valence-corrected chi connectivity index (χ1v) is 47.8. The molecule has 0 bridgehead atoms. The number of methoxy groups -OCH3 is 1. The van der Waals surface area contributed by atoms with Crippen molar-refractivity contribution in [3.05, 3.63) is 367 Å². The lowest BCUT2D eigenvalue weighted by Crippen LogP contribution is -2.15. The Hall–Kier alpha value is -9.89. The van der Waals surface area contributed by atoms with Crippen LogP contribution in [0.1, 0.15) is 113 Å². The summed E-state index contributed by atoms with van der Waals surface area (Å²) in [5.41, 5.74) is 10.3. The number of fused-ring (bicyclic) bond motifs is 4. The minimum absolute atomic E-state index is 0.00710. The lowest BCUT2D eigenvalue weighted by molar-refractivity contribution is 0.0658. The van der Waals surface area contributed by atoms with E-state index < -0.39 is 34.8 Å². The van der Waals surface area contributed by atoms with Gasteiger partial charge in [-0.15, -0.1) is 11.3 Å². The maximum absolute atomic E-state index is 15.8. The summed E-state index contributed by atoms with van der Waals surface area (Å²) in [5.74, 6) is -3.52. The fourth-order valence-electron chi connectivity index (χ4n) is 14.8. The predicted octanol–water partition coefficient (Wildman–Crippen LogP) is 22.3. The molecule has 706 valence electrons. The van der Waals surface area contributed by atoms with Gasteiger partial charge in [0.1, 0.15) is 60.1 Å². The number of ketones is 4. The molecule has 0 aliphatic carbocycles. The van der Waals surface area contributed by atoms with Crippen molar-refractivity contribution in [2.45, 2.75) is 58.8 Å². The van der Waals surface area contributed by atoms with Crippen LogP contribution in [0.25, 0.3) is 44.1 Å². The summed E-state index contributed by atoms with van der Waals surface area (Å²) < 4.78 is 113. The zero-order valence-electron chi connectivity index (χ0n) is 72.4. The Kier molecular flexibility index (Phi) is 37.4. The van der Waals surface area contributed by atoms with E-state index in [1.54, 1.807) is 147 Å². The molecule has 4 N–H and O–H groups in total. The molecule has 5 heterocycles. The van der Waals surface area contributed by atoms with Crippen molar-refractivity contribution in [2.24, 2.45) is 0 Å². The van der Waals surface area contributed by atoms with Crippen molar-refractivity contribution >= 4 is 200 Å². The molecular formula is C99H83Br4Cl5F5N9O13S. The average molecular weight is 2230 g/mol. The number of rotatable bonds is 37. The van der Waals surface area contributed by atoms with Gasteiger partial charge in [-0.3, -0.25) is 19.2 Å². The summed E-state index contributed by atoms with van der Waals surface area (Å²) in [6, 6.07) is 48.6. The number of imidazole rings is 4. The highest BCUT2D eigenvalue weighted by Crippen LogP contribution is 2.38. The van der Waals surface area contributed by atoms with Crippen molar-refractivity contribution in [2.75, 3.05) is 86.4 Å². The Morgan fingerprint density at radius 3 is 0.904 bits per heavy atom. The van der Waals surface area contributed by atoms with E-state index >= 15 is 17.6 Å². The maximum atomic E-state index is 15.8. The number of aryl methyl sites for hydroxylation is 1. The van der Waals surface area contributed by atoms with E-state index in [-0.39, 0.29) is 189 Å². The Balaban J connectivity index is 0.000000153. The normalized spacial score (nSPS) is 11.3. The highest BCUT2D eigenvalue weighted by molar-refractivity contribution is 9.11. The SMILES string of the molecule is COc1ccc(Cn2cnc3c(F)c(Cc4ccc(Br)cc4Cl)c(C(=O)COCCO)cc32)cc1.Cc1nc(Cn2cnc3c(F)c(Cc4ccc(Br)cc4Cl)c(C(=O)COCCO)cc32)cs1.O=C(COCCO)c1cc2c(ncn2Cc2ccc(Cl)cc2)c(F)c1Cc1ccc(Br)cc1Cl.O=C(COCCO)c1cc2c(ncn2Cc2ccc(F)cc2)c(F)c1Cc1ccc(Br)cc1Cl. The van der Waals surface area contributed by atoms with Gasteiger partial charge in [0.2, 0.25) is 0 Å². The van der Waals surface area contributed by atoms with Crippen molar-refractivity contribution in [3.8, 4) is 5.75 Å². The third-order valence-corrected chi connectivity index (χ3v) is 25.9. The smallest absolute Gasteiger partial charge is 0.188 e.